The highest BCUT2D eigenvalue weighted by Crippen LogP contribution is 2.27. The Hall–Kier alpha value is -0.610. The molecule has 1 saturated carbocycles. The summed E-state index contributed by atoms with van der Waals surface area (Å²) < 4.78 is 0. The Morgan fingerprint density at radius 3 is 2.50 bits per heavy atom. The lowest BCUT2D eigenvalue weighted by Gasteiger charge is -2.37. The second-order valence-corrected chi connectivity index (χ2v) is 5.72. The second kappa shape index (κ2) is 7.74. The summed E-state index contributed by atoms with van der Waals surface area (Å²) in [7, 11) is 5.81. The van der Waals surface area contributed by atoms with Crippen LogP contribution in [0.5, 0.6) is 0 Å². The maximum absolute atomic E-state index is 11.5. The van der Waals surface area contributed by atoms with Crippen LogP contribution in [0.1, 0.15) is 38.5 Å². The summed E-state index contributed by atoms with van der Waals surface area (Å²) in [6, 6.07) is 0.623. The van der Waals surface area contributed by atoms with E-state index in [0.29, 0.717) is 18.4 Å². The van der Waals surface area contributed by atoms with Crippen molar-refractivity contribution in [1.29, 1.82) is 0 Å². The predicted molar refractivity (Wildman–Crippen MR) is 75.4 cm³/mol. The largest absolute Gasteiger partial charge is 0.349 e. The Labute approximate surface area is 111 Å². The third kappa shape index (κ3) is 4.58. The van der Waals surface area contributed by atoms with Crippen LogP contribution in [0.4, 0.5) is 0 Å². The average Bonchev–Trinajstić information content (AvgIpc) is 2.38. The predicted octanol–water partition coefficient (Wildman–Crippen LogP) is 1.30. The summed E-state index contributed by atoms with van der Waals surface area (Å²) in [6.07, 6.45) is 6.77. The molecule has 4 nitrogen and oxygen atoms in total. The van der Waals surface area contributed by atoms with Crippen molar-refractivity contribution >= 4 is 5.91 Å². The highest BCUT2D eigenvalue weighted by atomic mass is 16.2. The molecular formula is C14H29N3O. The summed E-state index contributed by atoms with van der Waals surface area (Å²) >= 11 is 0. The Kier molecular flexibility index (Phi) is 6.65. The number of amides is 1. The first-order chi connectivity index (χ1) is 8.56. The Morgan fingerprint density at radius 1 is 1.22 bits per heavy atom. The molecule has 106 valence electrons. The van der Waals surface area contributed by atoms with Gasteiger partial charge < -0.3 is 15.5 Å². The lowest BCUT2D eigenvalue weighted by molar-refractivity contribution is -0.128. The normalized spacial score (nSPS) is 24.3. The summed E-state index contributed by atoms with van der Waals surface area (Å²) in [4.78, 5) is 15.6. The monoisotopic (exact) mass is 255 g/mol. The molecule has 0 bridgehead atoms. The summed E-state index contributed by atoms with van der Waals surface area (Å²) in [5.41, 5.74) is 5.86. The molecule has 1 rings (SSSR count). The Balaban J connectivity index is 2.30. The number of nitrogens with zero attached hydrogens (tertiary/aromatic N) is 2. The van der Waals surface area contributed by atoms with Crippen LogP contribution in [0.25, 0.3) is 0 Å². The van der Waals surface area contributed by atoms with Gasteiger partial charge in [-0.15, -0.1) is 0 Å². The van der Waals surface area contributed by atoms with E-state index in [-0.39, 0.29) is 5.91 Å². The van der Waals surface area contributed by atoms with E-state index in [0.717, 1.165) is 19.5 Å². The fraction of sp³-hybridized carbons (Fsp3) is 0.929. The summed E-state index contributed by atoms with van der Waals surface area (Å²) in [5, 5.41) is 0. The summed E-state index contributed by atoms with van der Waals surface area (Å²) in [5.74, 6) is 0.871. The maximum Gasteiger partial charge on any atom is 0.222 e. The van der Waals surface area contributed by atoms with Gasteiger partial charge in [0.15, 0.2) is 0 Å². The van der Waals surface area contributed by atoms with E-state index < -0.39 is 0 Å². The van der Waals surface area contributed by atoms with E-state index in [1.807, 2.05) is 14.1 Å². The zero-order chi connectivity index (χ0) is 13.5. The quantitative estimate of drug-likeness (QED) is 0.778. The van der Waals surface area contributed by atoms with Crippen molar-refractivity contribution in [3.05, 3.63) is 0 Å². The Morgan fingerprint density at radius 2 is 1.89 bits per heavy atom. The molecule has 0 radical (unpaired) electrons. The van der Waals surface area contributed by atoms with Crippen LogP contribution in [0.3, 0.4) is 0 Å². The van der Waals surface area contributed by atoms with Crippen molar-refractivity contribution in [2.45, 2.75) is 44.6 Å². The molecule has 0 aliphatic heterocycles. The molecule has 1 amide bonds. The number of hydrogen-bond acceptors (Lipinski definition) is 3. The molecule has 4 heteroatoms. The molecule has 0 saturated heterocycles. The fourth-order valence-electron chi connectivity index (χ4n) is 2.91. The van der Waals surface area contributed by atoms with Crippen LogP contribution in [0.2, 0.25) is 0 Å². The Bertz CT molecular complexity index is 255. The van der Waals surface area contributed by atoms with Crippen molar-refractivity contribution in [3.63, 3.8) is 0 Å². The SMILES string of the molecule is CN(C)C(=O)CCCN(C)C1CCCCC1CN. The van der Waals surface area contributed by atoms with Gasteiger partial charge in [-0.2, -0.15) is 0 Å². The highest BCUT2D eigenvalue weighted by molar-refractivity contribution is 5.75. The van der Waals surface area contributed by atoms with E-state index in [1.54, 1.807) is 4.90 Å². The molecule has 2 N–H and O–H groups in total. The van der Waals surface area contributed by atoms with Gasteiger partial charge in [-0.1, -0.05) is 12.8 Å². The molecule has 0 aromatic carbocycles. The zero-order valence-electron chi connectivity index (χ0n) is 12.2. The van der Waals surface area contributed by atoms with Gasteiger partial charge in [0.1, 0.15) is 0 Å². The van der Waals surface area contributed by atoms with Gasteiger partial charge in [0.2, 0.25) is 5.91 Å². The van der Waals surface area contributed by atoms with E-state index in [2.05, 4.69) is 11.9 Å². The van der Waals surface area contributed by atoms with Crippen molar-refractivity contribution in [1.82, 2.24) is 9.80 Å². The van der Waals surface area contributed by atoms with Crippen LogP contribution in [-0.2, 0) is 4.79 Å². The average molecular weight is 255 g/mol. The van der Waals surface area contributed by atoms with E-state index >= 15 is 0 Å². The van der Waals surface area contributed by atoms with Crippen LogP contribution in [-0.4, -0.2) is 56.0 Å². The van der Waals surface area contributed by atoms with Crippen LogP contribution < -0.4 is 5.73 Å². The van der Waals surface area contributed by atoms with Gasteiger partial charge >= 0.3 is 0 Å². The molecule has 18 heavy (non-hydrogen) atoms. The molecule has 0 heterocycles. The van der Waals surface area contributed by atoms with Crippen molar-refractivity contribution in [2.24, 2.45) is 11.7 Å². The molecule has 0 aromatic rings. The fourth-order valence-corrected chi connectivity index (χ4v) is 2.91. The smallest absolute Gasteiger partial charge is 0.222 e. The van der Waals surface area contributed by atoms with Crippen LogP contribution in [0.15, 0.2) is 0 Å². The molecule has 0 aromatic heterocycles. The third-order valence-electron chi connectivity index (χ3n) is 4.14. The number of hydrogen-bond donors (Lipinski definition) is 1. The minimum atomic E-state index is 0.224. The van der Waals surface area contributed by atoms with E-state index in [4.69, 9.17) is 5.73 Å². The number of nitrogens with two attached hydrogens (primary N) is 1. The van der Waals surface area contributed by atoms with Crippen LogP contribution in [0, 0.1) is 5.92 Å². The first-order valence-corrected chi connectivity index (χ1v) is 7.16. The van der Waals surface area contributed by atoms with E-state index in [9.17, 15) is 4.79 Å². The molecular weight excluding hydrogens is 226 g/mol. The zero-order valence-corrected chi connectivity index (χ0v) is 12.2. The number of rotatable bonds is 6. The van der Waals surface area contributed by atoms with Gasteiger partial charge in [-0.3, -0.25) is 4.79 Å². The molecule has 1 aliphatic rings. The second-order valence-electron chi connectivity index (χ2n) is 5.72. The molecule has 0 spiro atoms. The van der Waals surface area contributed by atoms with Gasteiger partial charge in [0.05, 0.1) is 0 Å². The molecule has 2 unspecified atom stereocenters. The van der Waals surface area contributed by atoms with Gasteiger partial charge in [-0.25, -0.2) is 0 Å². The summed E-state index contributed by atoms with van der Waals surface area (Å²) in [6.45, 7) is 1.80. The van der Waals surface area contributed by atoms with Crippen LogP contribution >= 0.6 is 0 Å². The van der Waals surface area contributed by atoms with Crippen molar-refractivity contribution in [2.75, 3.05) is 34.2 Å². The van der Waals surface area contributed by atoms with Crippen molar-refractivity contribution in [3.8, 4) is 0 Å². The number of carbonyl (C=O) groups is 1. The maximum atomic E-state index is 11.5. The minimum Gasteiger partial charge on any atom is -0.349 e. The topological polar surface area (TPSA) is 49.6 Å². The first kappa shape index (κ1) is 15.4. The standard InChI is InChI=1S/C14H29N3O/c1-16(2)14(18)9-6-10-17(3)13-8-5-4-7-12(13)11-15/h12-13H,4-11,15H2,1-3H3. The highest BCUT2D eigenvalue weighted by Gasteiger charge is 2.26. The lowest BCUT2D eigenvalue weighted by atomic mass is 9.83. The molecule has 1 aliphatic carbocycles. The minimum absolute atomic E-state index is 0.224. The molecule has 1 fully saturated rings. The van der Waals surface area contributed by atoms with Gasteiger partial charge in [0, 0.05) is 26.6 Å². The van der Waals surface area contributed by atoms with Gasteiger partial charge in [0.25, 0.3) is 0 Å². The van der Waals surface area contributed by atoms with Gasteiger partial charge in [-0.05, 0) is 45.3 Å². The van der Waals surface area contributed by atoms with E-state index in [1.165, 1.54) is 25.7 Å². The third-order valence-corrected chi connectivity index (χ3v) is 4.14. The number of carbonyl (C=O) groups excluding carboxylic acids is 1. The van der Waals surface area contributed by atoms with Crippen molar-refractivity contribution < 1.29 is 4.79 Å². The first-order valence-electron chi connectivity index (χ1n) is 7.16. The lowest BCUT2D eigenvalue weighted by Crippen LogP contribution is -2.43. The molecule has 2 atom stereocenters.